The second-order valence-corrected chi connectivity index (χ2v) is 5.34. The first-order valence-corrected chi connectivity index (χ1v) is 7.18. The van der Waals surface area contributed by atoms with Crippen LogP contribution in [-0.4, -0.2) is 22.3 Å². The van der Waals surface area contributed by atoms with E-state index in [-0.39, 0.29) is 0 Å². The van der Waals surface area contributed by atoms with Crippen LogP contribution in [0.2, 0.25) is 0 Å². The molecule has 21 heavy (non-hydrogen) atoms. The van der Waals surface area contributed by atoms with Gasteiger partial charge in [0.1, 0.15) is 0 Å². The highest BCUT2D eigenvalue weighted by molar-refractivity contribution is 5.93. The molecule has 0 spiro atoms. The Balaban J connectivity index is 1.82. The molecular formula is C16H23N5. The summed E-state index contributed by atoms with van der Waals surface area (Å²) in [4.78, 5) is 4.35. The summed E-state index contributed by atoms with van der Waals surface area (Å²) in [6.45, 7) is 7.68. The molecule has 2 aromatic rings. The molecule has 0 unspecified atom stereocenters. The molecule has 1 aromatic heterocycles. The average molecular weight is 285 g/mol. The van der Waals surface area contributed by atoms with Crippen molar-refractivity contribution in [3.8, 4) is 0 Å². The lowest BCUT2D eigenvalue weighted by Gasteiger charge is -2.09. The minimum absolute atomic E-state index is 0.459. The Bertz CT molecular complexity index is 627. The number of nitrogens with one attached hydrogen (secondary N) is 1. The van der Waals surface area contributed by atoms with Gasteiger partial charge < -0.3 is 11.1 Å². The number of nitrogens with two attached hydrogens (primary N) is 1. The maximum absolute atomic E-state index is 5.92. The molecule has 2 rings (SSSR count). The van der Waals surface area contributed by atoms with Gasteiger partial charge in [0.15, 0.2) is 5.96 Å². The zero-order valence-electron chi connectivity index (χ0n) is 12.9. The number of aliphatic imine (C=N–C) groups is 1. The van der Waals surface area contributed by atoms with Gasteiger partial charge >= 0.3 is 0 Å². The van der Waals surface area contributed by atoms with Gasteiger partial charge in [-0.3, -0.25) is 9.67 Å². The molecular weight excluding hydrogens is 262 g/mol. The van der Waals surface area contributed by atoms with E-state index in [1.807, 2.05) is 24.0 Å². The molecule has 0 saturated carbocycles. The summed E-state index contributed by atoms with van der Waals surface area (Å²) in [6, 6.07) is 6.23. The van der Waals surface area contributed by atoms with E-state index in [0.29, 0.717) is 12.5 Å². The highest BCUT2D eigenvalue weighted by Gasteiger charge is 2.00. The van der Waals surface area contributed by atoms with E-state index in [4.69, 9.17) is 5.73 Å². The summed E-state index contributed by atoms with van der Waals surface area (Å²) < 4.78 is 1.93. The fraction of sp³-hybridized carbons (Fsp3) is 0.375. The third kappa shape index (κ3) is 4.63. The molecule has 0 aliphatic rings. The number of guanidine groups is 1. The van der Waals surface area contributed by atoms with Gasteiger partial charge in [0.05, 0.1) is 6.20 Å². The van der Waals surface area contributed by atoms with Crippen LogP contribution in [0.4, 0.5) is 5.69 Å². The summed E-state index contributed by atoms with van der Waals surface area (Å²) in [6.07, 6.45) is 4.80. The standard InChI is InChI=1S/C16H23N5/c1-12-5-6-14(3)15(9-12)20-16(17)18-7-4-8-21-11-13(2)10-19-21/h5-6,9-11H,4,7-8H2,1-3H3,(H3,17,18,20). The zero-order valence-corrected chi connectivity index (χ0v) is 12.9. The smallest absolute Gasteiger partial charge is 0.193 e. The number of benzene rings is 1. The first-order valence-electron chi connectivity index (χ1n) is 7.18. The summed E-state index contributed by atoms with van der Waals surface area (Å²) in [7, 11) is 0. The number of hydrogen-bond donors (Lipinski definition) is 2. The van der Waals surface area contributed by atoms with Crippen LogP contribution in [0.1, 0.15) is 23.1 Å². The normalized spacial score (nSPS) is 11.7. The maximum atomic E-state index is 5.92. The van der Waals surface area contributed by atoms with E-state index in [2.05, 4.69) is 47.5 Å². The quantitative estimate of drug-likeness (QED) is 0.504. The molecule has 5 nitrogen and oxygen atoms in total. The molecule has 0 aliphatic heterocycles. The van der Waals surface area contributed by atoms with Crippen molar-refractivity contribution in [3.05, 3.63) is 47.3 Å². The number of nitrogens with zero attached hydrogens (tertiary/aromatic N) is 3. The summed E-state index contributed by atoms with van der Waals surface area (Å²) >= 11 is 0. The fourth-order valence-electron chi connectivity index (χ4n) is 2.07. The van der Waals surface area contributed by atoms with Crippen molar-refractivity contribution in [3.63, 3.8) is 0 Å². The lowest BCUT2D eigenvalue weighted by molar-refractivity contribution is 0.585. The number of rotatable bonds is 5. The number of anilines is 1. The Morgan fingerprint density at radius 2 is 2.10 bits per heavy atom. The van der Waals surface area contributed by atoms with E-state index < -0.39 is 0 Å². The lowest BCUT2D eigenvalue weighted by atomic mass is 10.1. The highest BCUT2D eigenvalue weighted by atomic mass is 15.3. The van der Waals surface area contributed by atoms with Gasteiger partial charge in [-0.1, -0.05) is 12.1 Å². The molecule has 0 radical (unpaired) electrons. The Kier molecular flexibility index (Phi) is 4.98. The first-order chi connectivity index (χ1) is 10.0. The largest absolute Gasteiger partial charge is 0.370 e. The Labute approximate surface area is 125 Å². The van der Waals surface area contributed by atoms with Crippen molar-refractivity contribution < 1.29 is 0 Å². The van der Waals surface area contributed by atoms with Gasteiger partial charge in [0.2, 0.25) is 0 Å². The second-order valence-electron chi connectivity index (χ2n) is 5.34. The van der Waals surface area contributed by atoms with Crippen molar-refractivity contribution in [2.45, 2.75) is 33.7 Å². The van der Waals surface area contributed by atoms with Gasteiger partial charge in [0.25, 0.3) is 0 Å². The average Bonchev–Trinajstić information content (AvgIpc) is 2.85. The Hall–Kier alpha value is -2.30. The summed E-state index contributed by atoms with van der Waals surface area (Å²) in [5, 5.41) is 7.40. The lowest BCUT2D eigenvalue weighted by Crippen LogP contribution is -2.23. The van der Waals surface area contributed by atoms with Crippen LogP contribution in [0, 0.1) is 20.8 Å². The number of hydrogen-bond acceptors (Lipinski definition) is 2. The predicted molar refractivity (Wildman–Crippen MR) is 87.6 cm³/mol. The van der Waals surface area contributed by atoms with Crippen LogP contribution in [-0.2, 0) is 6.54 Å². The third-order valence-electron chi connectivity index (χ3n) is 3.25. The van der Waals surface area contributed by atoms with Crippen molar-refractivity contribution in [2.24, 2.45) is 10.7 Å². The van der Waals surface area contributed by atoms with Crippen LogP contribution in [0.5, 0.6) is 0 Å². The van der Waals surface area contributed by atoms with Gasteiger partial charge in [0, 0.05) is 25.0 Å². The SMILES string of the molecule is Cc1ccc(C)c(NC(N)=NCCCn2cc(C)cn2)c1. The van der Waals surface area contributed by atoms with Crippen molar-refractivity contribution in [2.75, 3.05) is 11.9 Å². The molecule has 0 amide bonds. The minimum atomic E-state index is 0.459. The first kappa shape index (κ1) is 15.1. The molecule has 1 heterocycles. The Morgan fingerprint density at radius 1 is 1.29 bits per heavy atom. The van der Waals surface area contributed by atoms with Crippen LogP contribution >= 0.6 is 0 Å². The predicted octanol–water partition coefficient (Wildman–Crippen LogP) is 2.63. The van der Waals surface area contributed by atoms with E-state index in [0.717, 1.165) is 24.2 Å². The van der Waals surface area contributed by atoms with E-state index in [9.17, 15) is 0 Å². The van der Waals surface area contributed by atoms with Crippen molar-refractivity contribution in [1.29, 1.82) is 0 Å². The van der Waals surface area contributed by atoms with Crippen LogP contribution in [0.3, 0.4) is 0 Å². The van der Waals surface area contributed by atoms with Gasteiger partial charge in [-0.25, -0.2) is 0 Å². The van der Waals surface area contributed by atoms with Crippen LogP contribution in [0.15, 0.2) is 35.6 Å². The van der Waals surface area contributed by atoms with Gasteiger partial charge in [-0.15, -0.1) is 0 Å². The Morgan fingerprint density at radius 3 is 2.81 bits per heavy atom. The number of aromatic nitrogens is 2. The summed E-state index contributed by atoms with van der Waals surface area (Å²) in [5.74, 6) is 0.459. The van der Waals surface area contributed by atoms with Crippen LogP contribution in [0.25, 0.3) is 0 Å². The van der Waals surface area contributed by atoms with Gasteiger partial charge in [-0.05, 0) is 49.9 Å². The molecule has 5 heteroatoms. The van der Waals surface area contributed by atoms with Crippen molar-refractivity contribution in [1.82, 2.24) is 9.78 Å². The third-order valence-corrected chi connectivity index (χ3v) is 3.25. The molecule has 1 aromatic carbocycles. The second kappa shape index (κ2) is 6.92. The molecule has 3 N–H and O–H groups in total. The number of aryl methyl sites for hydroxylation is 4. The molecule has 0 bridgehead atoms. The monoisotopic (exact) mass is 285 g/mol. The van der Waals surface area contributed by atoms with Gasteiger partial charge in [-0.2, -0.15) is 5.10 Å². The van der Waals surface area contributed by atoms with E-state index in [1.54, 1.807) is 0 Å². The minimum Gasteiger partial charge on any atom is -0.370 e. The molecule has 0 fully saturated rings. The molecule has 0 atom stereocenters. The maximum Gasteiger partial charge on any atom is 0.193 e. The van der Waals surface area contributed by atoms with E-state index in [1.165, 1.54) is 11.1 Å². The highest BCUT2D eigenvalue weighted by Crippen LogP contribution is 2.15. The van der Waals surface area contributed by atoms with Crippen LogP contribution < -0.4 is 11.1 Å². The summed E-state index contributed by atoms with van der Waals surface area (Å²) in [5.41, 5.74) is 10.5. The van der Waals surface area contributed by atoms with Crippen molar-refractivity contribution >= 4 is 11.6 Å². The van der Waals surface area contributed by atoms with E-state index >= 15 is 0 Å². The fourth-order valence-corrected chi connectivity index (χ4v) is 2.07. The molecule has 0 saturated heterocycles. The molecule has 112 valence electrons. The zero-order chi connectivity index (χ0) is 15.2. The topological polar surface area (TPSA) is 68.2 Å². The molecule has 0 aliphatic carbocycles.